The predicted octanol–water partition coefficient (Wildman–Crippen LogP) is 1.56. The topological polar surface area (TPSA) is 70.6 Å². The lowest BCUT2D eigenvalue weighted by molar-refractivity contribution is -0.122. The van der Waals surface area contributed by atoms with Crippen LogP contribution in [-0.2, 0) is 11.2 Å². The zero-order chi connectivity index (χ0) is 19.8. The highest BCUT2D eigenvalue weighted by Gasteiger charge is 2.19. The molecule has 0 spiro atoms. The second-order valence-electron chi connectivity index (χ2n) is 6.45. The Balaban J connectivity index is 1.34. The summed E-state index contributed by atoms with van der Waals surface area (Å²) in [5.74, 6) is 0.964. The minimum absolute atomic E-state index is 0.0226. The Hall–Kier alpha value is -2.81. The van der Waals surface area contributed by atoms with E-state index in [1.807, 2.05) is 0 Å². The number of anilines is 1. The maximum atomic E-state index is 12.1. The average Bonchev–Trinajstić information content (AvgIpc) is 2.70. The van der Waals surface area contributed by atoms with Gasteiger partial charge in [0.2, 0.25) is 5.91 Å². The fourth-order valence-electron chi connectivity index (χ4n) is 3.03. The molecule has 1 aromatic carbocycles. The third kappa shape index (κ3) is 6.12. The van der Waals surface area contributed by atoms with Crippen LogP contribution in [0.5, 0.6) is 5.75 Å². The van der Waals surface area contributed by atoms with E-state index in [1.165, 1.54) is 12.1 Å². The van der Waals surface area contributed by atoms with Gasteiger partial charge in [0.05, 0.1) is 12.7 Å². The largest absolute Gasteiger partial charge is 0.435 e. The van der Waals surface area contributed by atoms with Gasteiger partial charge in [0, 0.05) is 45.1 Å². The number of nitrogens with one attached hydrogen (secondary N) is 1. The first kappa shape index (κ1) is 19.9. The number of ether oxygens (including phenoxy) is 1. The van der Waals surface area contributed by atoms with Crippen molar-refractivity contribution in [2.75, 3.05) is 44.2 Å². The van der Waals surface area contributed by atoms with Crippen molar-refractivity contribution in [1.82, 2.24) is 20.2 Å². The third-order valence-electron chi connectivity index (χ3n) is 4.50. The molecule has 2 heterocycles. The van der Waals surface area contributed by atoms with Gasteiger partial charge < -0.3 is 15.0 Å². The van der Waals surface area contributed by atoms with Gasteiger partial charge >= 0.3 is 6.61 Å². The molecule has 2 aromatic rings. The number of piperazine rings is 1. The maximum absolute atomic E-state index is 12.1. The lowest BCUT2D eigenvalue weighted by Crippen LogP contribution is -2.49. The molecule has 0 radical (unpaired) electrons. The summed E-state index contributed by atoms with van der Waals surface area (Å²) in [6.07, 6.45) is 5.69. The molecule has 0 aliphatic carbocycles. The molecule has 150 valence electrons. The zero-order valence-corrected chi connectivity index (χ0v) is 15.4. The maximum Gasteiger partial charge on any atom is 0.387 e. The van der Waals surface area contributed by atoms with E-state index in [-0.39, 0.29) is 11.7 Å². The van der Waals surface area contributed by atoms with Crippen LogP contribution in [0.4, 0.5) is 14.6 Å². The predicted molar refractivity (Wildman–Crippen MR) is 100 cm³/mol. The number of benzene rings is 1. The minimum Gasteiger partial charge on any atom is -0.435 e. The van der Waals surface area contributed by atoms with Gasteiger partial charge in [-0.05, 0) is 24.1 Å². The summed E-state index contributed by atoms with van der Waals surface area (Å²) in [5, 5.41) is 2.90. The number of nitrogens with zero attached hydrogens (tertiary/aromatic N) is 4. The van der Waals surface area contributed by atoms with Crippen molar-refractivity contribution in [2.45, 2.75) is 13.0 Å². The lowest BCUT2D eigenvalue weighted by Gasteiger charge is -2.34. The molecule has 3 rings (SSSR count). The fraction of sp³-hybridized carbons (Fsp3) is 0.421. The van der Waals surface area contributed by atoms with Gasteiger partial charge in [0.25, 0.3) is 0 Å². The number of halogens is 2. The Labute approximate surface area is 162 Å². The summed E-state index contributed by atoms with van der Waals surface area (Å²) in [6, 6.07) is 6.44. The van der Waals surface area contributed by atoms with Crippen LogP contribution >= 0.6 is 0 Å². The van der Waals surface area contributed by atoms with Crippen molar-refractivity contribution in [1.29, 1.82) is 0 Å². The van der Waals surface area contributed by atoms with Crippen LogP contribution in [0.1, 0.15) is 5.56 Å². The van der Waals surface area contributed by atoms with Crippen LogP contribution in [-0.4, -0.2) is 66.7 Å². The summed E-state index contributed by atoms with van der Waals surface area (Å²) in [7, 11) is 0. The van der Waals surface area contributed by atoms with Crippen LogP contribution in [0.3, 0.4) is 0 Å². The second-order valence-corrected chi connectivity index (χ2v) is 6.45. The van der Waals surface area contributed by atoms with E-state index >= 15 is 0 Å². The molecule has 0 unspecified atom stereocenters. The molecule has 9 heteroatoms. The molecule has 1 fully saturated rings. The number of aromatic nitrogens is 2. The number of amides is 1. The van der Waals surface area contributed by atoms with E-state index < -0.39 is 6.61 Å². The Morgan fingerprint density at radius 2 is 1.89 bits per heavy atom. The average molecular weight is 391 g/mol. The van der Waals surface area contributed by atoms with Gasteiger partial charge in [0.15, 0.2) is 0 Å². The van der Waals surface area contributed by atoms with Gasteiger partial charge in [0.1, 0.15) is 11.6 Å². The molecule has 0 saturated carbocycles. The molecule has 1 aromatic heterocycles. The highest BCUT2D eigenvalue weighted by Crippen LogP contribution is 2.15. The Morgan fingerprint density at radius 3 is 2.54 bits per heavy atom. The fourth-order valence-corrected chi connectivity index (χ4v) is 3.03. The second kappa shape index (κ2) is 9.93. The number of carbonyl (C=O) groups excluding carboxylic acids is 1. The molecule has 7 nitrogen and oxygen atoms in total. The van der Waals surface area contributed by atoms with Crippen molar-refractivity contribution in [3.8, 4) is 5.75 Å². The van der Waals surface area contributed by atoms with E-state index in [2.05, 4.69) is 29.8 Å². The SMILES string of the molecule is O=C(CN1CCN(c2cnccn2)CC1)NCCc1ccc(OC(F)F)cc1. The van der Waals surface area contributed by atoms with Crippen LogP contribution in [0.15, 0.2) is 42.9 Å². The quantitative estimate of drug-likeness (QED) is 0.737. The van der Waals surface area contributed by atoms with Gasteiger partial charge in [-0.1, -0.05) is 12.1 Å². The number of rotatable bonds is 8. The molecule has 0 atom stereocenters. The van der Waals surface area contributed by atoms with Crippen molar-refractivity contribution < 1.29 is 18.3 Å². The lowest BCUT2D eigenvalue weighted by atomic mass is 10.1. The van der Waals surface area contributed by atoms with E-state index in [0.29, 0.717) is 19.5 Å². The summed E-state index contributed by atoms with van der Waals surface area (Å²) in [6.45, 7) is 1.21. The van der Waals surface area contributed by atoms with Crippen LogP contribution in [0.2, 0.25) is 0 Å². The third-order valence-corrected chi connectivity index (χ3v) is 4.50. The van der Waals surface area contributed by atoms with Gasteiger partial charge in [-0.3, -0.25) is 14.7 Å². The van der Waals surface area contributed by atoms with Crippen LogP contribution in [0.25, 0.3) is 0 Å². The monoisotopic (exact) mass is 391 g/mol. The van der Waals surface area contributed by atoms with E-state index in [0.717, 1.165) is 37.6 Å². The van der Waals surface area contributed by atoms with Gasteiger partial charge in [-0.2, -0.15) is 8.78 Å². The van der Waals surface area contributed by atoms with Crippen LogP contribution < -0.4 is 15.0 Å². The molecule has 1 aliphatic heterocycles. The molecule has 28 heavy (non-hydrogen) atoms. The molecule has 1 saturated heterocycles. The first-order valence-electron chi connectivity index (χ1n) is 9.14. The van der Waals surface area contributed by atoms with Gasteiger partial charge in [-0.15, -0.1) is 0 Å². The molecule has 1 amide bonds. The van der Waals surface area contributed by atoms with E-state index in [4.69, 9.17) is 0 Å². The van der Waals surface area contributed by atoms with Crippen molar-refractivity contribution in [3.63, 3.8) is 0 Å². The molecule has 1 aliphatic rings. The summed E-state index contributed by atoms with van der Waals surface area (Å²) >= 11 is 0. The molecule has 1 N–H and O–H groups in total. The van der Waals surface area contributed by atoms with Crippen LogP contribution in [0, 0.1) is 0 Å². The van der Waals surface area contributed by atoms with Crippen molar-refractivity contribution in [3.05, 3.63) is 48.4 Å². The Morgan fingerprint density at radius 1 is 1.14 bits per heavy atom. The van der Waals surface area contributed by atoms with E-state index in [9.17, 15) is 13.6 Å². The Bertz CT molecular complexity index is 738. The van der Waals surface area contributed by atoms with Crippen molar-refractivity contribution >= 4 is 11.7 Å². The smallest absolute Gasteiger partial charge is 0.387 e. The first-order valence-corrected chi connectivity index (χ1v) is 9.14. The van der Waals surface area contributed by atoms with E-state index in [1.54, 1.807) is 30.7 Å². The number of hydrogen-bond acceptors (Lipinski definition) is 6. The number of hydrogen-bond donors (Lipinski definition) is 1. The Kier molecular flexibility index (Phi) is 7.07. The normalized spacial score (nSPS) is 14.9. The minimum atomic E-state index is -2.83. The highest BCUT2D eigenvalue weighted by molar-refractivity contribution is 5.78. The molecule has 0 bridgehead atoms. The van der Waals surface area contributed by atoms with Gasteiger partial charge in [-0.25, -0.2) is 4.98 Å². The molecular weight excluding hydrogens is 368 g/mol. The summed E-state index contributed by atoms with van der Waals surface area (Å²) in [5.41, 5.74) is 0.944. The zero-order valence-electron chi connectivity index (χ0n) is 15.4. The highest BCUT2D eigenvalue weighted by atomic mass is 19.3. The molecular formula is C19H23F2N5O2. The summed E-state index contributed by atoms with van der Waals surface area (Å²) < 4.78 is 28.6. The summed E-state index contributed by atoms with van der Waals surface area (Å²) in [4.78, 5) is 24.8. The number of alkyl halides is 2. The standard InChI is InChI=1S/C19H23F2N5O2/c20-19(21)28-16-3-1-15(2-4-16)5-6-24-18(27)14-25-9-11-26(12-10-25)17-13-22-7-8-23-17/h1-4,7-8,13,19H,5-6,9-12,14H2,(H,24,27). The first-order chi connectivity index (χ1) is 13.6. The van der Waals surface area contributed by atoms with Crippen molar-refractivity contribution in [2.24, 2.45) is 0 Å². The number of carbonyl (C=O) groups is 1.